The van der Waals surface area contributed by atoms with Crippen LogP contribution in [0.2, 0.25) is 0 Å². The second kappa shape index (κ2) is 8.52. The van der Waals surface area contributed by atoms with Gasteiger partial charge in [0, 0.05) is 24.0 Å². The summed E-state index contributed by atoms with van der Waals surface area (Å²) in [5, 5.41) is 0. The van der Waals surface area contributed by atoms with Crippen LogP contribution < -0.4 is 0 Å². The summed E-state index contributed by atoms with van der Waals surface area (Å²) in [5.41, 5.74) is 1.15. The van der Waals surface area contributed by atoms with Crippen molar-refractivity contribution >= 4 is 11.9 Å². The predicted octanol–water partition coefficient (Wildman–Crippen LogP) is 4.22. The fourth-order valence-corrected chi connectivity index (χ4v) is 3.92. The molecule has 1 atom stereocenters. The maximum atomic E-state index is 12.8. The predicted molar refractivity (Wildman–Crippen MR) is 109 cm³/mol. The van der Waals surface area contributed by atoms with Gasteiger partial charge in [0.25, 0.3) is 0 Å². The molecule has 0 N–H and O–H groups in total. The maximum Gasteiger partial charge on any atom is 0.337 e. The van der Waals surface area contributed by atoms with Crippen LogP contribution in [0.4, 0.5) is 0 Å². The molecule has 2 aromatic rings. The minimum Gasteiger partial charge on any atom is -0.481 e. The van der Waals surface area contributed by atoms with Gasteiger partial charge in [-0.15, -0.1) is 0 Å². The van der Waals surface area contributed by atoms with Crippen LogP contribution in [-0.2, 0) is 29.4 Å². The van der Waals surface area contributed by atoms with Crippen LogP contribution in [0.15, 0.2) is 72.0 Å². The molecule has 152 valence electrons. The van der Waals surface area contributed by atoms with E-state index in [4.69, 9.17) is 14.2 Å². The molecule has 2 aromatic carbocycles. The average molecular weight is 394 g/mol. The van der Waals surface area contributed by atoms with Crippen LogP contribution in [0.3, 0.4) is 0 Å². The Kier molecular flexibility index (Phi) is 6.06. The Morgan fingerprint density at radius 2 is 1.52 bits per heavy atom. The van der Waals surface area contributed by atoms with Gasteiger partial charge >= 0.3 is 11.9 Å². The fourth-order valence-electron chi connectivity index (χ4n) is 3.92. The molecule has 0 aliphatic carbocycles. The topological polar surface area (TPSA) is 61.8 Å². The van der Waals surface area contributed by atoms with Gasteiger partial charge in [0.05, 0.1) is 18.6 Å². The van der Waals surface area contributed by atoms with E-state index < -0.39 is 23.5 Å². The first-order valence-corrected chi connectivity index (χ1v) is 9.67. The van der Waals surface area contributed by atoms with Crippen molar-refractivity contribution in [1.29, 1.82) is 0 Å². The molecular formula is C24H26O5. The standard InChI is InChI=1S/C24H26O5/c1-16(2)22-21(23(26)27-4)20(15-28-17(3)25)24(29-22,18-11-7-5-8-12-18)19-13-9-6-10-14-19/h5-14,16,20H,15H2,1-4H3/t20-/m0/s1. The number of methoxy groups -OCH3 is 1. The van der Waals surface area contributed by atoms with Crippen molar-refractivity contribution in [2.24, 2.45) is 11.8 Å². The third-order valence-electron chi connectivity index (χ3n) is 5.16. The van der Waals surface area contributed by atoms with Crippen molar-refractivity contribution in [3.05, 3.63) is 83.1 Å². The Balaban J connectivity index is 2.28. The molecule has 0 bridgehead atoms. The highest BCUT2D eigenvalue weighted by atomic mass is 16.5. The lowest BCUT2D eigenvalue weighted by atomic mass is 9.74. The molecule has 1 aliphatic rings. The number of carbonyl (C=O) groups is 2. The first-order valence-electron chi connectivity index (χ1n) is 9.67. The summed E-state index contributed by atoms with van der Waals surface area (Å²) < 4.78 is 17.2. The number of hydrogen-bond donors (Lipinski definition) is 0. The number of carbonyl (C=O) groups excluding carboxylic acids is 2. The Bertz CT molecular complexity index is 860. The van der Waals surface area contributed by atoms with Crippen molar-refractivity contribution < 1.29 is 23.8 Å². The van der Waals surface area contributed by atoms with Gasteiger partial charge in [-0.25, -0.2) is 4.79 Å². The zero-order chi connectivity index (χ0) is 21.0. The Hall–Kier alpha value is -3.08. The first-order chi connectivity index (χ1) is 13.9. The van der Waals surface area contributed by atoms with E-state index in [2.05, 4.69) is 0 Å². The summed E-state index contributed by atoms with van der Waals surface area (Å²) in [6, 6.07) is 19.4. The van der Waals surface area contributed by atoms with Crippen molar-refractivity contribution in [1.82, 2.24) is 0 Å². The molecule has 0 unspecified atom stereocenters. The molecule has 5 nitrogen and oxygen atoms in total. The average Bonchev–Trinajstić information content (AvgIpc) is 3.09. The van der Waals surface area contributed by atoms with E-state index >= 15 is 0 Å². The smallest absolute Gasteiger partial charge is 0.337 e. The Morgan fingerprint density at radius 1 is 1.00 bits per heavy atom. The monoisotopic (exact) mass is 394 g/mol. The Morgan fingerprint density at radius 3 is 1.93 bits per heavy atom. The zero-order valence-corrected chi connectivity index (χ0v) is 17.2. The van der Waals surface area contributed by atoms with E-state index in [1.165, 1.54) is 14.0 Å². The molecule has 0 amide bonds. The van der Waals surface area contributed by atoms with E-state index in [0.717, 1.165) is 11.1 Å². The minimum atomic E-state index is -1.01. The van der Waals surface area contributed by atoms with Gasteiger partial charge in [-0.2, -0.15) is 0 Å². The van der Waals surface area contributed by atoms with Crippen LogP contribution >= 0.6 is 0 Å². The molecule has 0 saturated heterocycles. The fraction of sp³-hybridized carbons (Fsp3) is 0.333. The lowest BCUT2D eigenvalue weighted by Gasteiger charge is -2.37. The summed E-state index contributed by atoms with van der Waals surface area (Å²) in [5.74, 6) is -0.942. The highest BCUT2D eigenvalue weighted by Crippen LogP contribution is 2.52. The summed E-state index contributed by atoms with van der Waals surface area (Å²) in [6.07, 6.45) is 0. The highest BCUT2D eigenvalue weighted by molar-refractivity contribution is 5.91. The van der Waals surface area contributed by atoms with E-state index in [-0.39, 0.29) is 12.5 Å². The highest BCUT2D eigenvalue weighted by Gasteiger charge is 2.55. The molecule has 1 aliphatic heterocycles. The summed E-state index contributed by atoms with van der Waals surface area (Å²) in [7, 11) is 1.35. The molecule has 29 heavy (non-hydrogen) atoms. The second-order valence-electron chi connectivity index (χ2n) is 7.35. The normalized spacial score (nSPS) is 17.8. The number of benzene rings is 2. The number of hydrogen-bond acceptors (Lipinski definition) is 5. The van der Waals surface area contributed by atoms with Gasteiger partial charge < -0.3 is 14.2 Å². The van der Waals surface area contributed by atoms with Gasteiger partial charge in [0.2, 0.25) is 0 Å². The van der Waals surface area contributed by atoms with Crippen molar-refractivity contribution in [3.63, 3.8) is 0 Å². The van der Waals surface area contributed by atoms with E-state index in [1.54, 1.807) is 0 Å². The van der Waals surface area contributed by atoms with Gasteiger partial charge in [-0.05, 0) is 0 Å². The number of esters is 2. The molecule has 0 aromatic heterocycles. The molecular weight excluding hydrogens is 368 g/mol. The first kappa shape index (κ1) is 20.6. The number of ether oxygens (including phenoxy) is 3. The molecule has 0 saturated carbocycles. The SMILES string of the molecule is COC(=O)C1=C(C(C)C)OC(c2ccccc2)(c2ccccc2)[C@H]1COC(C)=O. The van der Waals surface area contributed by atoms with E-state index in [9.17, 15) is 9.59 Å². The molecule has 0 radical (unpaired) electrons. The van der Waals surface area contributed by atoms with Crippen molar-refractivity contribution in [2.75, 3.05) is 13.7 Å². The lowest BCUT2D eigenvalue weighted by molar-refractivity contribution is -0.145. The van der Waals surface area contributed by atoms with Crippen molar-refractivity contribution in [3.8, 4) is 0 Å². The second-order valence-corrected chi connectivity index (χ2v) is 7.35. The number of allylic oxidation sites excluding steroid dienone is 1. The van der Waals surface area contributed by atoms with Gasteiger partial charge in [0.1, 0.15) is 12.4 Å². The van der Waals surface area contributed by atoms with E-state index in [0.29, 0.717) is 11.3 Å². The van der Waals surface area contributed by atoms with Gasteiger partial charge in [-0.3, -0.25) is 4.79 Å². The molecule has 0 fully saturated rings. The van der Waals surface area contributed by atoms with Crippen LogP contribution in [-0.4, -0.2) is 25.7 Å². The minimum absolute atomic E-state index is 0.000223. The summed E-state index contributed by atoms with van der Waals surface area (Å²) >= 11 is 0. The zero-order valence-electron chi connectivity index (χ0n) is 17.2. The Labute approximate surface area is 171 Å². The maximum absolute atomic E-state index is 12.8. The van der Waals surface area contributed by atoms with Crippen LogP contribution in [0.1, 0.15) is 31.9 Å². The van der Waals surface area contributed by atoms with Gasteiger partial charge in [0.15, 0.2) is 5.60 Å². The lowest BCUT2D eigenvalue weighted by Crippen LogP contribution is -2.39. The van der Waals surface area contributed by atoms with Crippen molar-refractivity contribution in [2.45, 2.75) is 26.4 Å². The van der Waals surface area contributed by atoms with E-state index in [1.807, 2.05) is 74.5 Å². The number of rotatable bonds is 6. The molecule has 3 rings (SSSR count). The molecule has 5 heteroatoms. The summed E-state index contributed by atoms with van der Waals surface area (Å²) in [4.78, 5) is 24.5. The summed E-state index contributed by atoms with van der Waals surface area (Å²) in [6.45, 7) is 5.29. The van der Waals surface area contributed by atoms with Crippen LogP contribution in [0, 0.1) is 11.8 Å². The largest absolute Gasteiger partial charge is 0.481 e. The third kappa shape index (κ3) is 3.77. The van der Waals surface area contributed by atoms with Crippen LogP contribution in [0.25, 0.3) is 0 Å². The third-order valence-corrected chi connectivity index (χ3v) is 5.16. The molecule has 1 heterocycles. The van der Waals surface area contributed by atoms with Crippen LogP contribution in [0.5, 0.6) is 0 Å². The van der Waals surface area contributed by atoms with Gasteiger partial charge in [-0.1, -0.05) is 74.5 Å². The quantitative estimate of drug-likeness (QED) is 0.687. The molecule has 0 spiro atoms.